The lowest BCUT2D eigenvalue weighted by Crippen LogP contribution is -2.23. The minimum Gasteiger partial charge on any atom is -0.307 e. The van der Waals surface area contributed by atoms with E-state index in [4.69, 9.17) is 28.8 Å². The van der Waals surface area contributed by atoms with Crippen LogP contribution in [0.3, 0.4) is 0 Å². The van der Waals surface area contributed by atoms with E-state index < -0.39 is 0 Å². The van der Waals surface area contributed by atoms with E-state index in [-0.39, 0.29) is 17.1 Å². The van der Waals surface area contributed by atoms with Crippen LogP contribution in [0.5, 0.6) is 0 Å². The molecule has 9 heteroatoms. The van der Waals surface area contributed by atoms with Crippen molar-refractivity contribution >= 4 is 63.0 Å². The van der Waals surface area contributed by atoms with Crippen molar-refractivity contribution in [2.75, 3.05) is 5.75 Å². The molecule has 192 valence electrons. The summed E-state index contributed by atoms with van der Waals surface area (Å²) >= 11 is 14.2. The molecule has 0 bridgehead atoms. The molecule has 38 heavy (non-hydrogen) atoms. The highest BCUT2D eigenvalue weighted by Crippen LogP contribution is 2.28. The van der Waals surface area contributed by atoms with Crippen LogP contribution in [0.1, 0.15) is 27.0 Å². The van der Waals surface area contributed by atoms with Crippen LogP contribution in [0, 0.1) is 17.8 Å². The maximum Gasteiger partial charge on any atom is 0.278 e. The van der Waals surface area contributed by atoms with Gasteiger partial charge in [0.05, 0.1) is 11.4 Å². The highest BCUT2D eigenvalue weighted by Gasteiger charge is 2.21. The van der Waals surface area contributed by atoms with Gasteiger partial charge in [0.15, 0.2) is 20.5 Å². The van der Waals surface area contributed by atoms with Crippen molar-refractivity contribution in [3.05, 3.63) is 114 Å². The maximum atomic E-state index is 14.0. The van der Waals surface area contributed by atoms with Crippen molar-refractivity contribution in [2.24, 2.45) is 0 Å². The summed E-state index contributed by atoms with van der Waals surface area (Å²) in [7, 11) is 0. The van der Waals surface area contributed by atoms with E-state index in [0.29, 0.717) is 36.6 Å². The van der Waals surface area contributed by atoms with Crippen LogP contribution in [0.25, 0.3) is 16.0 Å². The van der Waals surface area contributed by atoms with Crippen molar-refractivity contribution < 1.29 is 4.79 Å². The molecule has 0 spiro atoms. The molecule has 5 nitrogen and oxygen atoms in total. The van der Waals surface area contributed by atoms with Crippen LogP contribution in [0.4, 0.5) is 0 Å². The Hall–Kier alpha value is -3.04. The third kappa shape index (κ3) is 5.40. The molecule has 0 saturated carbocycles. The Morgan fingerprint density at radius 3 is 2.37 bits per heavy atom. The molecule has 2 heterocycles. The van der Waals surface area contributed by atoms with Gasteiger partial charge in [-0.05, 0) is 73.4 Å². The smallest absolute Gasteiger partial charge is 0.278 e. The maximum absolute atomic E-state index is 14.0. The molecule has 0 aliphatic heterocycles. The third-order valence-electron chi connectivity index (χ3n) is 6.29. The molecule has 0 saturated heterocycles. The molecule has 0 aliphatic rings. The average Bonchev–Trinajstić information content (AvgIpc) is 3.23. The lowest BCUT2D eigenvalue weighted by atomic mass is 10.1. The number of ketones is 1. The van der Waals surface area contributed by atoms with Gasteiger partial charge in [-0.15, -0.1) is 0 Å². The Bertz CT molecular complexity index is 1740. The Balaban J connectivity index is 1.61. The molecule has 2 aromatic heterocycles. The first kappa shape index (κ1) is 26.6. The van der Waals surface area contributed by atoms with Crippen LogP contribution < -0.4 is 5.56 Å². The number of aryl methyl sites for hydroxylation is 4. The van der Waals surface area contributed by atoms with Gasteiger partial charge >= 0.3 is 0 Å². The number of hydrogen-bond acceptors (Lipinski definition) is 6. The summed E-state index contributed by atoms with van der Waals surface area (Å²) in [5.74, 6) is 0.0552. The van der Waals surface area contributed by atoms with Gasteiger partial charge in [0.2, 0.25) is 0 Å². The highest BCUT2D eigenvalue weighted by atomic mass is 35.5. The monoisotopic (exact) mass is 577 g/mol. The fourth-order valence-corrected chi connectivity index (χ4v) is 6.68. The largest absolute Gasteiger partial charge is 0.307 e. The van der Waals surface area contributed by atoms with Crippen LogP contribution in [-0.2, 0) is 13.0 Å². The van der Waals surface area contributed by atoms with Crippen LogP contribution in [0.15, 0.2) is 82.7 Å². The number of Topliss-reactive ketones (excluding diaryl/α,β-unsaturated/α-hetero) is 1. The first-order valence-electron chi connectivity index (χ1n) is 12.0. The zero-order valence-electron chi connectivity index (χ0n) is 20.8. The van der Waals surface area contributed by atoms with E-state index in [9.17, 15) is 9.59 Å². The second-order valence-corrected chi connectivity index (χ2v) is 11.9. The minimum absolute atomic E-state index is 0.0692. The number of rotatable bonds is 8. The number of aromatic nitrogens is 3. The number of benzene rings is 3. The number of thioether (sulfide) groups is 1. The van der Waals surface area contributed by atoms with E-state index in [0.717, 1.165) is 23.2 Å². The van der Waals surface area contributed by atoms with E-state index in [1.807, 2.05) is 54.8 Å². The quantitative estimate of drug-likeness (QED) is 0.0828. The first-order chi connectivity index (χ1) is 18.3. The second-order valence-electron chi connectivity index (χ2n) is 8.90. The topological polar surface area (TPSA) is 56.9 Å². The standard InChI is InChI=1S/C29H24ClN3O2S3/c1-18-7-6-8-19(2)24(18)33-27(35)25-26(32(29(36)38-25)16-15-20-9-4-3-5-10-20)31-28(33)37-17-23(34)21-11-13-22(30)14-12-21/h3-14H,15-17H2,1-2H3. The number of carbonyl (C=O) groups excluding carboxylic acids is 1. The number of carbonyl (C=O) groups is 1. The van der Waals surface area contributed by atoms with E-state index in [2.05, 4.69) is 12.1 Å². The lowest BCUT2D eigenvalue weighted by molar-refractivity contribution is 0.102. The zero-order valence-corrected chi connectivity index (χ0v) is 24.0. The highest BCUT2D eigenvalue weighted by molar-refractivity contribution is 7.99. The molecule has 0 radical (unpaired) electrons. The number of para-hydroxylation sites is 1. The fourth-order valence-electron chi connectivity index (χ4n) is 4.36. The minimum atomic E-state index is -0.177. The molecule has 5 aromatic rings. The number of fused-ring (bicyclic) bond motifs is 1. The Morgan fingerprint density at radius 1 is 1.00 bits per heavy atom. The van der Waals surface area contributed by atoms with Crippen molar-refractivity contribution in [3.63, 3.8) is 0 Å². The first-order valence-corrected chi connectivity index (χ1v) is 14.6. The Morgan fingerprint density at radius 2 is 1.68 bits per heavy atom. The van der Waals surface area contributed by atoms with Gasteiger partial charge in [-0.2, -0.15) is 0 Å². The summed E-state index contributed by atoms with van der Waals surface area (Å²) in [5, 5.41) is 1.03. The molecular formula is C29H24ClN3O2S3. The molecule has 0 amide bonds. The fraction of sp³-hybridized carbons (Fsp3) is 0.172. The molecular weight excluding hydrogens is 554 g/mol. The summed E-state index contributed by atoms with van der Waals surface area (Å²) in [6.45, 7) is 4.55. The van der Waals surface area contributed by atoms with Gasteiger partial charge in [-0.3, -0.25) is 14.2 Å². The van der Waals surface area contributed by atoms with Crippen molar-refractivity contribution in [3.8, 4) is 5.69 Å². The molecule has 5 rings (SSSR count). The predicted octanol–water partition coefficient (Wildman–Crippen LogP) is 7.47. The van der Waals surface area contributed by atoms with Crippen LogP contribution in [-0.4, -0.2) is 25.7 Å². The number of thiazole rings is 1. The SMILES string of the molecule is Cc1cccc(C)c1-n1c(SCC(=O)c2ccc(Cl)cc2)nc2c(sc(=S)n2CCc2ccccc2)c1=O. The lowest BCUT2D eigenvalue weighted by Gasteiger charge is -2.16. The zero-order chi connectivity index (χ0) is 26.8. The average molecular weight is 578 g/mol. The normalized spacial score (nSPS) is 11.2. The third-order valence-corrected chi connectivity index (χ3v) is 8.90. The molecule has 3 aromatic carbocycles. The van der Waals surface area contributed by atoms with Gasteiger partial charge < -0.3 is 4.57 Å². The van der Waals surface area contributed by atoms with E-state index >= 15 is 0 Å². The molecule has 0 aliphatic carbocycles. The van der Waals surface area contributed by atoms with Gasteiger partial charge in [-0.1, -0.05) is 83.2 Å². The van der Waals surface area contributed by atoms with Crippen LogP contribution in [0.2, 0.25) is 5.02 Å². The van der Waals surface area contributed by atoms with Crippen molar-refractivity contribution in [1.29, 1.82) is 0 Å². The number of hydrogen-bond donors (Lipinski definition) is 0. The summed E-state index contributed by atoms with van der Waals surface area (Å²) in [5.41, 5.74) is 4.81. The van der Waals surface area contributed by atoms with Gasteiger partial charge in [-0.25, -0.2) is 4.98 Å². The number of halogens is 1. The Labute approximate surface area is 238 Å². The van der Waals surface area contributed by atoms with Gasteiger partial charge in [0.25, 0.3) is 5.56 Å². The molecule has 0 unspecified atom stereocenters. The van der Waals surface area contributed by atoms with Gasteiger partial charge in [0, 0.05) is 17.1 Å². The Kier molecular flexibility index (Phi) is 7.95. The van der Waals surface area contributed by atoms with E-state index in [1.54, 1.807) is 28.8 Å². The molecule has 0 N–H and O–H groups in total. The van der Waals surface area contributed by atoms with Crippen molar-refractivity contribution in [1.82, 2.24) is 14.1 Å². The summed E-state index contributed by atoms with van der Waals surface area (Å²) in [6, 6.07) is 22.9. The summed E-state index contributed by atoms with van der Waals surface area (Å²) in [4.78, 5) is 32.0. The van der Waals surface area contributed by atoms with E-state index in [1.165, 1.54) is 28.7 Å². The second kappa shape index (κ2) is 11.4. The van der Waals surface area contributed by atoms with Gasteiger partial charge in [0.1, 0.15) is 4.70 Å². The summed E-state index contributed by atoms with van der Waals surface area (Å²) in [6.07, 6.45) is 0.764. The predicted molar refractivity (Wildman–Crippen MR) is 160 cm³/mol. The molecule has 0 fully saturated rings. The number of nitrogens with zero attached hydrogens (tertiary/aromatic N) is 3. The van der Waals surface area contributed by atoms with Crippen LogP contribution >= 0.6 is 46.9 Å². The molecule has 0 atom stereocenters. The summed E-state index contributed by atoms with van der Waals surface area (Å²) < 4.78 is 4.69. The van der Waals surface area contributed by atoms with Crippen molar-refractivity contribution in [2.45, 2.75) is 32.0 Å².